The second-order valence-corrected chi connectivity index (χ2v) is 8.43. The Kier molecular flexibility index (Phi) is 3.79. The number of ether oxygens (including phenoxy) is 4. The summed E-state index contributed by atoms with van der Waals surface area (Å²) in [5.41, 5.74) is -1.68. The van der Waals surface area contributed by atoms with Crippen LogP contribution in [0.4, 0.5) is 0 Å². The van der Waals surface area contributed by atoms with Gasteiger partial charge in [0.1, 0.15) is 24.2 Å². The van der Waals surface area contributed by atoms with Gasteiger partial charge in [-0.1, -0.05) is 13.8 Å². The van der Waals surface area contributed by atoms with Gasteiger partial charge in [-0.05, 0) is 27.7 Å². The van der Waals surface area contributed by atoms with Crippen LogP contribution in [0.15, 0.2) is 0 Å². The molecular formula is C17H26O7. The summed E-state index contributed by atoms with van der Waals surface area (Å²) in [6.07, 6.45) is -2.46. The summed E-state index contributed by atoms with van der Waals surface area (Å²) in [4.78, 5) is 24.6. The lowest BCUT2D eigenvalue weighted by Gasteiger charge is -2.42. The quantitative estimate of drug-likeness (QED) is 0.771. The van der Waals surface area contributed by atoms with Gasteiger partial charge in [-0.2, -0.15) is 0 Å². The standard InChI is InChI=1S/C17H26O7/c1-8(2)17-16(6)10(11(23-17)12(18)24-17)9(22-14(16)20)7-21-13(19)15(3,4)5/h8-12,18H,7H2,1-6H3/t9-,10+,11-,12?,16-,17-/m1/s1. The smallest absolute Gasteiger partial charge is 0.318 e. The Labute approximate surface area is 141 Å². The van der Waals surface area contributed by atoms with E-state index < -0.39 is 47.0 Å². The minimum Gasteiger partial charge on any atom is -0.461 e. The third kappa shape index (κ3) is 2.07. The highest BCUT2D eigenvalue weighted by molar-refractivity contribution is 5.82. The fraction of sp³-hybridized carbons (Fsp3) is 0.882. The summed E-state index contributed by atoms with van der Waals surface area (Å²) in [6.45, 7) is 10.7. The van der Waals surface area contributed by atoms with Gasteiger partial charge in [0, 0.05) is 5.92 Å². The van der Waals surface area contributed by atoms with Crippen molar-refractivity contribution in [2.45, 2.75) is 65.8 Å². The molecule has 3 aliphatic rings. The van der Waals surface area contributed by atoms with Gasteiger partial charge in [0.15, 0.2) is 12.1 Å². The topological polar surface area (TPSA) is 91.3 Å². The number of cyclic esters (lactones) is 1. The maximum atomic E-state index is 12.6. The minimum absolute atomic E-state index is 0.0527. The first-order valence-electron chi connectivity index (χ1n) is 8.37. The highest BCUT2D eigenvalue weighted by Gasteiger charge is 2.80. The molecule has 1 N–H and O–H groups in total. The molecule has 0 aliphatic carbocycles. The third-order valence-corrected chi connectivity index (χ3v) is 5.47. The van der Waals surface area contributed by atoms with Gasteiger partial charge in [-0.3, -0.25) is 9.59 Å². The molecule has 0 radical (unpaired) electrons. The molecule has 6 atom stereocenters. The minimum atomic E-state index is -1.22. The lowest BCUT2D eigenvalue weighted by atomic mass is 9.66. The van der Waals surface area contributed by atoms with Crippen LogP contribution in [0.5, 0.6) is 0 Å². The van der Waals surface area contributed by atoms with E-state index in [9.17, 15) is 14.7 Å². The van der Waals surface area contributed by atoms with Crippen molar-refractivity contribution in [3.05, 3.63) is 0 Å². The molecule has 136 valence electrons. The van der Waals surface area contributed by atoms with E-state index in [0.29, 0.717) is 0 Å². The summed E-state index contributed by atoms with van der Waals surface area (Å²) >= 11 is 0. The third-order valence-electron chi connectivity index (χ3n) is 5.47. The van der Waals surface area contributed by atoms with Crippen molar-refractivity contribution in [1.82, 2.24) is 0 Å². The van der Waals surface area contributed by atoms with E-state index in [0.717, 1.165) is 0 Å². The predicted octanol–water partition coefficient (Wildman–Crippen LogP) is 1.22. The average Bonchev–Trinajstić information content (AvgIpc) is 3.02. The molecule has 3 aliphatic heterocycles. The summed E-state index contributed by atoms with van der Waals surface area (Å²) < 4.78 is 22.5. The Morgan fingerprint density at radius 3 is 2.50 bits per heavy atom. The fourth-order valence-corrected chi connectivity index (χ4v) is 4.17. The molecule has 0 aromatic rings. The molecule has 0 spiro atoms. The van der Waals surface area contributed by atoms with Gasteiger partial charge in [0.25, 0.3) is 0 Å². The number of fused-ring (bicyclic) bond motifs is 5. The molecule has 3 saturated heterocycles. The van der Waals surface area contributed by atoms with E-state index in [1.165, 1.54) is 0 Å². The molecule has 1 unspecified atom stereocenters. The van der Waals surface area contributed by atoms with Crippen LogP contribution in [0.3, 0.4) is 0 Å². The van der Waals surface area contributed by atoms with E-state index >= 15 is 0 Å². The molecule has 0 amide bonds. The monoisotopic (exact) mass is 342 g/mol. The van der Waals surface area contributed by atoms with Crippen molar-refractivity contribution in [3.63, 3.8) is 0 Å². The molecule has 3 rings (SSSR count). The molecule has 7 heteroatoms. The van der Waals surface area contributed by atoms with E-state index in [1.807, 2.05) is 13.8 Å². The maximum Gasteiger partial charge on any atom is 0.318 e. The van der Waals surface area contributed by atoms with Crippen LogP contribution in [0, 0.1) is 22.7 Å². The summed E-state index contributed by atoms with van der Waals surface area (Å²) in [5.74, 6) is -2.61. The second-order valence-electron chi connectivity index (χ2n) is 8.43. The number of hydrogen-bond acceptors (Lipinski definition) is 7. The van der Waals surface area contributed by atoms with Crippen LogP contribution in [0.25, 0.3) is 0 Å². The van der Waals surface area contributed by atoms with Crippen LogP contribution in [-0.4, -0.2) is 47.9 Å². The van der Waals surface area contributed by atoms with Crippen molar-refractivity contribution in [3.8, 4) is 0 Å². The first kappa shape index (κ1) is 17.6. The lowest BCUT2D eigenvalue weighted by molar-refractivity contribution is -0.272. The molecule has 0 saturated carbocycles. The van der Waals surface area contributed by atoms with Gasteiger partial charge < -0.3 is 24.1 Å². The normalized spacial score (nSPS) is 43.9. The molecule has 2 bridgehead atoms. The second kappa shape index (κ2) is 5.16. The first-order valence-corrected chi connectivity index (χ1v) is 8.37. The molecule has 3 fully saturated rings. The van der Waals surface area contributed by atoms with Crippen molar-refractivity contribution < 1.29 is 33.6 Å². The van der Waals surface area contributed by atoms with Crippen molar-refractivity contribution in [2.24, 2.45) is 22.7 Å². The van der Waals surface area contributed by atoms with Crippen molar-refractivity contribution in [1.29, 1.82) is 0 Å². The highest BCUT2D eigenvalue weighted by atomic mass is 16.8. The Morgan fingerprint density at radius 1 is 1.33 bits per heavy atom. The predicted molar refractivity (Wildman–Crippen MR) is 81.4 cm³/mol. The Balaban J connectivity index is 1.85. The molecule has 0 aromatic carbocycles. The summed E-state index contributed by atoms with van der Waals surface area (Å²) in [7, 11) is 0. The Hall–Kier alpha value is -1.18. The van der Waals surface area contributed by atoms with Crippen LogP contribution in [0.1, 0.15) is 41.5 Å². The van der Waals surface area contributed by atoms with E-state index in [2.05, 4.69) is 0 Å². The first-order chi connectivity index (χ1) is 10.9. The van der Waals surface area contributed by atoms with E-state index in [4.69, 9.17) is 18.9 Å². The Morgan fingerprint density at radius 2 is 1.96 bits per heavy atom. The highest BCUT2D eigenvalue weighted by Crippen LogP contribution is 2.64. The maximum absolute atomic E-state index is 12.6. The summed E-state index contributed by atoms with van der Waals surface area (Å²) in [5, 5.41) is 10.2. The number of esters is 2. The number of carbonyl (C=O) groups is 2. The van der Waals surface area contributed by atoms with E-state index in [1.54, 1.807) is 27.7 Å². The molecule has 3 heterocycles. The van der Waals surface area contributed by atoms with Gasteiger partial charge in [0.05, 0.1) is 11.3 Å². The summed E-state index contributed by atoms with van der Waals surface area (Å²) in [6, 6.07) is 0. The molecule has 0 aromatic heterocycles. The Bertz CT molecular complexity index is 566. The molecule has 24 heavy (non-hydrogen) atoms. The number of rotatable bonds is 3. The lowest BCUT2D eigenvalue weighted by Crippen LogP contribution is -2.57. The van der Waals surface area contributed by atoms with Crippen LogP contribution >= 0.6 is 0 Å². The van der Waals surface area contributed by atoms with Gasteiger partial charge >= 0.3 is 11.9 Å². The zero-order chi connectivity index (χ0) is 18.1. The van der Waals surface area contributed by atoms with E-state index in [-0.39, 0.29) is 18.5 Å². The number of aliphatic hydroxyl groups is 1. The number of carbonyl (C=O) groups excluding carboxylic acids is 2. The SMILES string of the molecule is CC(C)[C@]12OC(O)[C@H](O1)[C@@H]1[C@@H](COC(=O)C(C)(C)C)OC(=O)[C@@]12C. The fourth-order valence-electron chi connectivity index (χ4n) is 4.17. The average molecular weight is 342 g/mol. The molecular weight excluding hydrogens is 316 g/mol. The zero-order valence-corrected chi connectivity index (χ0v) is 15.0. The van der Waals surface area contributed by atoms with Gasteiger partial charge in [0.2, 0.25) is 0 Å². The van der Waals surface area contributed by atoms with Crippen LogP contribution < -0.4 is 0 Å². The van der Waals surface area contributed by atoms with Gasteiger partial charge in [-0.25, -0.2) is 0 Å². The van der Waals surface area contributed by atoms with Crippen LogP contribution in [0.2, 0.25) is 0 Å². The van der Waals surface area contributed by atoms with Crippen LogP contribution in [-0.2, 0) is 28.5 Å². The molecule has 7 nitrogen and oxygen atoms in total. The largest absolute Gasteiger partial charge is 0.461 e. The number of hydrogen-bond donors (Lipinski definition) is 1. The van der Waals surface area contributed by atoms with Crippen molar-refractivity contribution in [2.75, 3.05) is 6.61 Å². The van der Waals surface area contributed by atoms with Gasteiger partial charge in [-0.15, -0.1) is 0 Å². The number of aliphatic hydroxyl groups excluding tert-OH is 1. The van der Waals surface area contributed by atoms with Crippen molar-refractivity contribution >= 4 is 11.9 Å². The zero-order valence-electron chi connectivity index (χ0n) is 15.0.